The summed E-state index contributed by atoms with van der Waals surface area (Å²) >= 11 is 1.27. The minimum Gasteiger partial charge on any atom is -0.383 e. The third kappa shape index (κ3) is 4.26. The van der Waals surface area contributed by atoms with Gasteiger partial charge < -0.3 is 10.5 Å². The van der Waals surface area contributed by atoms with Gasteiger partial charge in [-0.1, -0.05) is 13.8 Å². The van der Waals surface area contributed by atoms with Gasteiger partial charge in [0.1, 0.15) is 4.21 Å². The highest BCUT2D eigenvalue weighted by atomic mass is 32.2. The second kappa shape index (κ2) is 8.24. The van der Waals surface area contributed by atoms with Crippen LogP contribution in [0.2, 0.25) is 0 Å². The molecule has 5 nitrogen and oxygen atoms in total. The van der Waals surface area contributed by atoms with Crippen LogP contribution >= 0.6 is 11.3 Å². The van der Waals surface area contributed by atoms with Crippen molar-refractivity contribution in [1.82, 2.24) is 4.31 Å². The van der Waals surface area contributed by atoms with E-state index in [0.717, 1.165) is 23.3 Å². The molecule has 0 saturated carbocycles. The van der Waals surface area contributed by atoms with Crippen LogP contribution in [0.1, 0.15) is 37.1 Å². The number of methoxy groups -OCH3 is 1. The largest absolute Gasteiger partial charge is 0.383 e. The zero-order valence-corrected chi connectivity index (χ0v) is 14.9. The van der Waals surface area contributed by atoms with Crippen LogP contribution in [0.15, 0.2) is 10.3 Å². The number of ether oxygens (including phenoxy) is 1. The molecule has 0 saturated heterocycles. The van der Waals surface area contributed by atoms with Crippen molar-refractivity contribution in [3.63, 3.8) is 0 Å². The molecule has 0 bridgehead atoms. The van der Waals surface area contributed by atoms with E-state index in [-0.39, 0.29) is 6.04 Å². The lowest BCUT2D eigenvalue weighted by Gasteiger charge is -2.28. The summed E-state index contributed by atoms with van der Waals surface area (Å²) in [4.78, 5) is 0.921. The normalized spacial score (nSPS) is 12.5. The highest BCUT2D eigenvalue weighted by Gasteiger charge is 2.31. The van der Waals surface area contributed by atoms with Gasteiger partial charge in [0, 0.05) is 31.1 Å². The maximum Gasteiger partial charge on any atom is 0.252 e. The lowest BCUT2D eigenvalue weighted by atomic mass is 10.2. The standard InChI is InChI=1S/C14H26N2O3S2/c1-5-12(6-2)16(7-8-19-4)21(17,18)14-9-11(3)13(10-15)20-14/h9,12H,5-8,10,15H2,1-4H3. The summed E-state index contributed by atoms with van der Waals surface area (Å²) < 4.78 is 32.9. The second-order valence-corrected chi connectivity index (χ2v) is 8.21. The van der Waals surface area contributed by atoms with E-state index in [9.17, 15) is 8.42 Å². The van der Waals surface area contributed by atoms with Crippen molar-refractivity contribution in [2.24, 2.45) is 5.73 Å². The summed E-state index contributed by atoms with van der Waals surface area (Å²) in [6.07, 6.45) is 1.57. The van der Waals surface area contributed by atoms with Crippen LogP contribution in [0.5, 0.6) is 0 Å². The smallest absolute Gasteiger partial charge is 0.252 e. The Balaban J connectivity index is 3.18. The van der Waals surface area contributed by atoms with E-state index in [1.165, 1.54) is 11.3 Å². The van der Waals surface area contributed by atoms with Gasteiger partial charge in [-0.2, -0.15) is 4.31 Å². The van der Waals surface area contributed by atoms with Crippen LogP contribution < -0.4 is 5.73 Å². The molecule has 2 N–H and O–H groups in total. The molecule has 1 aromatic rings. The first kappa shape index (κ1) is 18.6. The number of aryl methyl sites for hydroxylation is 1. The minimum absolute atomic E-state index is 0.00566. The van der Waals surface area contributed by atoms with Crippen molar-refractivity contribution in [3.8, 4) is 0 Å². The third-order valence-electron chi connectivity index (χ3n) is 3.61. The second-order valence-electron chi connectivity index (χ2n) is 4.95. The van der Waals surface area contributed by atoms with Gasteiger partial charge in [-0.05, 0) is 31.4 Å². The highest BCUT2D eigenvalue weighted by molar-refractivity contribution is 7.91. The Morgan fingerprint density at radius 1 is 1.38 bits per heavy atom. The molecular formula is C14H26N2O3S2. The van der Waals surface area contributed by atoms with E-state index in [1.54, 1.807) is 17.5 Å². The number of nitrogens with zero attached hydrogens (tertiary/aromatic N) is 1. The van der Waals surface area contributed by atoms with Crippen molar-refractivity contribution in [3.05, 3.63) is 16.5 Å². The summed E-state index contributed by atoms with van der Waals surface area (Å²) in [6, 6.07) is 1.72. The molecule has 1 heterocycles. The Morgan fingerprint density at radius 3 is 2.43 bits per heavy atom. The fraction of sp³-hybridized carbons (Fsp3) is 0.714. The van der Waals surface area contributed by atoms with E-state index in [2.05, 4.69) is 0 Å². The van der Waals surface area contributed by atoms with E-state index < -0.39 is 10.0 Å². The summed E-state index contributed by atoms with van der Waals surface area (Å²) in [5.41, 5.74) is 6.60. The van der Waals surface area contributed by atoms with E-state index in [0.29, 0.717) is 23.9 Å². The summed E-state index contributed by atoms with van der Waals surface area (Å²) in [5, 5.41) is 0. The first-order chi connectivity index (χ1) is 9.92. The number of nitrogens with two attached hydrogens (primary N) is 1. The molecule has 1 rings (SSSR count). The number of sulfonamides is 1. The van der Waals surface area contributed by atoms with Gasteiger partial charge in [0.2, 0.25) is 0 Å². The molecule has 1 aromatic heterocycles. The first-order valence-corrected chi connectivity index (χ1v) is 9.48. The molecule has 0 spiro atoms. The van der Waals surface area contributed by atoms with Gasteiger partial charge in [-0.25, -0.2) is 8.42 Å². The lowest BCUT2D eigenvalue weighted by molar-refractivity contribution is 0.163. The van der Waals surface area contributed by atoms with Crippen molar-refractivity contribution < 1.29 is 13.2 Å². The van der Waals surface area contributed by atoms with Crippen LogP contribution in [0.25, 0.3) is 0 Å². The quantitative estimate of drug-likeness (QED) is 0.752. The van der Waals surface area contributed by atoms with Crippen molar-refractivity contribution in [1.29, 1.82) is 0 Å². The van der Waals surface area contributed by atoms with Crippen LogP contribution in [-0.2, 0) is 21.3 Å². The van der Waals surface area contributed by atoms with Gasteiger partial charge in [0.05, 0.1) is 6.61 Å². The molecule has 21 heavy (non-hydrogen) atoms. The average molecular weight is 335 g/mol. The molecule has 0 aliphatic carbocycles. The van der Waals surface area contributed by atoms with E-state index in [1.807, 2.05) is 20.8 Å². The lowest BCUT2D eigenvalue weighted by Crippen LogP contribution is -2.41. The van der Waals surface area contributed by atoms with Gasteiger partial charge in [0.15, 0.2) is 0 Å². The molecule has 0 amide bonds. The molecule has 0 unspecified atom stereocenters. The van der Waals surface area contributed by atoms with Crippen LogP contribution in [0.4, 0.5) is 0 Å². The average Bonchev–Trinajstić information content (AvgIpc) is 2.85. The van der Waals surface area contributed by atoms with Crippen molar-refractivity contribution >= 4 is 21.4 Å². The number of thiophene rings is 1. The predicted molar refractivity (Wildman–Crippen MR) is 87.1 cm³/mol. The van der Waals surface area contributed by atoms with Crippen molar-refractivity contribution in [2.45, 2.75) is 50.4 Å². The monoisotopic (exact) mass is 334 g/mol. The van der Waals surface area contributed by atoms with Gasteiger partial charge in [-0.3, -0.25) is 0 Å². The van der Waals surface area contributed by atoms with Crippen molar-refractivity contribution in [2.75, 3.05) is 20.3 Å². The van der Waals surface area contributed by atoms with Gasteiger partial charge >= 0.3 is 0 Å². The molecular weight excluding hydrogens is 308 g/mol. The molecule has 7 heteroatoms. The predicted octanol–water partition coefficient (Wildman–Crippen LogP) is 2.34. The summed E-state index contributed by atoms with van der Waals surface area (Å²) in [5.74, 6) is 0. The third-order valence-corrected chi connectivity index (χ3v) is 7.27. The maximum atomic E-state index is 12.9. The Kier molecular flexibility index (Phi) is 7.29. The maximum absolute atomic E-state index is 12.9. The molecule has 0 aliphatic heterocycles. The Bertz CT molecular complexity index is 536. The zero-order chi connectivity index (χ0) is 16.0. The molecule has 0 atom stereocenters. The van der Waals surface area contributed by atoms with Crippen LogP contribution in [0, 0.1) is 6.92 Å². The number of hydrogen-bond acceptors (Lipinski definition) is 5. The Hall–Kier alpha value is -0.470. The fourth-order valence-electron chi connectivity index (χ4n) is 2.31. The van der Waals surface area contributed by atoms with Crippen LogP contribution in [-0.4, -0.2) is 39.0 Å². The van der Waals surface area contributed by atoms with E-state index >= 15 is 0 Å². The first-order valence-electron chi connectivity index (χ1n) is 7.22. The van der Waals surface area contributed by atoms with E-state index in [4.69, 9.17) is 10.5 Å². The number of hydrogen-bond donors (Lipinski definition) is 1. The molecule has 122 valence electrons. The van der Waals surface area contributed by atoms with Crippen LogP contribution in [0.3, 0.4) is 0 Å². The molecule has 0 aliphatic rings. The molecule has 0 aromatic carbocycles. The topological polar surface area (TPSA) is 72.6 Å². The highest BCUT2D eigenvalue weighted by Crippen LogP contribution is 2.30. The minimum atomic E-state index is -3.49. The Labute approximate surface area is 132 Å². The Morgan fingerprint density at radius 2 is 2.00 bits per heavy atom. The van der Waals surface area contributed by atoms with Gasteiger partial charge in [-0.15, -0.1) is 11.3 Å². The summed E-state index contributed by atoms with van der Waals surface area (Å²) in [7, 11) is -1.91. The fourth-order valence-corrected chi connectivity index (χ4v) is 5.66. The zero-order valence-electron chi connectivity index (χ0n) is 13.3. The SMILES string of the molecule is CCC(CC)N(CCOC)S(=O)(=O)c1cc(C)c(CN)s1. The number of rotatable bonds is 9. The molecule has 0 fully saturated rings. The summed E-state index contributed by atoms with van der Waals surface area (Å²) in [6.45, 7) is 7.05. The molecule has 0 radical (unpaired) electrons. The van der Waals surface area contributed by atoms with Gasteiger partial charge in [0.25, 0.3) is 10.0 Å².